The first kappa shape index (κ1) is 16.3. The molecule has 0 aromatic heterocycles. The second kappa shape index (κ2) is 5.94. The highest BCUT2D eigenvalue weighted by Gasteiger charge is 2.52. The summed E-state index contributed by atoms with van der Waals surface area (Å²) in [6.07, 6.45) is 5.24. The van der Waals surface area contributed by atoms with Crippen molar-refractivity contribution in [2.45, 2.75) is 83.6 Å². The summed E-state index contributed by atoms with van der Waals surface area (Å²) in [4.78, 5) is 0. The van der Waals surface area contributed by atoms with Crippen LogP contribution in [0.2, 0.25) is 0 Å². The molecule has 3 unspecified atom stereocenters. The summed E-state index contributed by atoms with van der Waals surface area (Å²) in [5.41, 5.74) is -0.108. The van der Waals surface area contributed by atoms with E-state index >= 15 is 0 Å². The van der Waals surface area contributed by atoms with Gasteiger partial charge in [-0.1, -0.05) is 6.92 Å². The number of methoxy groups -OCH3 is 1. The second-order valence-corrected chi connectivity index (χ2v) is 7.79. The third-order valence-electron chi connectivity index (χ3n) is 4.92. The molecule has 0 radical (unpaired) electrons. The Balaban J connectivity index is 2.16. The third-order valence-corrected chi connectivity index (χ3v) is 4.92. The molecule has 0 bridgehead atoms. The van der Waals surface area contributed by atoms with E-state index in [4.69, 9.17) is 9.47 Å². The Labute approximate surface area is 124 Å². The first-order valence-electron chi connectivity index (χ1n) is 8.27. The van der Waals surface area contributed by atoms with E-state index in [-0.39, 0.29) is 11.2 Å². The quantitative estimate of drug-likeness (QED) is 0.777. The molecule has 20 heavy (non-hydrogen) atoms. The van der Waals surface area contributed by atoms with Gasteiger partial charge < -0.3 is 14.8 Å². The minimum atomic E-state index is -0.0828. The lowest BCUT2D eigenvalue weighted by Crippen LogP contribution is -2.52. The molecule has 2 rings (SSSR count). The van der Waals surface area contributed by atoms with Crippen LogP contribution < -0.4 is 5.32 Å². The third kappa shape index (κ3) is 3.55. The first-order valence-corrected chi connectivity index (χ1v) is 8.27. The van der Waals surface area contributed by atoms with Crippen molar-refractivity contribution in [3.8, 4) is 0 Å². The maximum absolute atomic E-state index is 6.31. The summed E-state index contributed by atoms with van der Waals surface area (Å²) in [7, 11) is 1.87. The Morgan fingerprint density at radius 1 is 1.25 bits per heavy atom. The maximum atomic E-state index is 6.31. The van der Waals surface area contributed by atoms with E-state index in [0.29, 0.717) is 18.1 Å². The lowest BCUT2D eigenvalue weighted by Gasteiger charge is -2.37. The molecule has 0 aromatic rings. The maximum Gasteiger partial charge on any atom is 0.0756 e. The minimum Gasteiger partial charge on any atom is -0.380 e. The number of ether oxygens (including phenoxy) is 2. The summed E-state index contributed by atoms with van der Waals surface area (Å²) in [5.74, 6) is 1.25. The van der Waals surface area contributed by atoms with Gasteiger partial charge in [0.2, 0.25) is 0 Å². The fourth-order valence-corrected chi connectivity index (χ4v) is 4.02. The molecule has 118 valence electrons. The average molecular weight is 283 g/mol. The van der Waals surface area contributed by atoms with Crippen molar-refractivity contribution in [1.29, 1.82) is 0 Å². The highest BCUT2D eigenvalue weighted by atomic mass is 16.5. The number of nitrogens with one attached hydrogen (secondary N) is 1. The molecule has 0 aromatic carbocycles. The van der Waals surface area contributed by atoms with Gasteiger partial charge in [-0.3, -0.25) is 0 Å². The van der Waals surface area contributed by atoms with Crippen LogP contribution in [0.3, 0.4) is 0 Å². The van der Waals surface area contributed by atoms with Gasteiger partial charge in [0, 0.05) is 19.1 Å². The summed E-state index contributed by atoms with van der Waals surface area (Å²) in [6.45, 7) is 12.2. The van der Waals surface area contributed by atoms with Crippen molar-refractivity contribution in [3.05, 3.63) is 0 Å². The topological polar surface area (TPSA) is 30.5 Å². The molecule has 2 fully saturated rings. The normalized spacial score (nSPS) is 31.2. The molecule has 0 spiro atoms. The monoisotopic (exact) mass is 283 g/mol. The van der Waals surface area contributed by atoms with E-state index < -0.39 is 0 Å². The fraction of sp³-hybridized carbons (Fsp3) is 1.00. The van der Waals surface area contributed by atoms with Gasteiger partial charge in [-0.15, -0.1) is 0 Å². The van der Waals surface area contributed by atoms with E-state index in [1.54, 1.807) is 0 Å². The van der Waals surface area contributed by atoms with Crippen LogP contribution in [0.4, 0.5) is 0 Å². The first-order chi connectivity index (χ1) is 9.30. The van der Waals surface area contributed by atoms with E-state index in [1.165, 1.54) is 12.8 Å². The average Bonchev–Trinajstić information content (AvgIpc) is 3.11. The van der Waals surface area contributed by atoms with Crippen LogP contribution in [0.1, 0.15) is 60.3 Å². The molecule has 3 heteroatoms. The molecule has 1 heterocycles. The molecule has 0 amide bonds. The number of hydrogen-bond donors (Lipinski definition) is 1. The lowest BCUT2D eigenvalue weighted by molar-refractivity contribution is -0.0854. The second-order valence-electron chi connectivity index (χ2n) is 7.79. The van der Waals surface area contributed by atoms with Crippen LogP contribution in [-0.2, 0) is 9.47 Å². The van der Waals surface area contributed by atoms with Gasteiger partial charge in [0.1, 0.15) is 0 Å². The van der Waals surface area contributed by atoms with E-state index in [2.05, 4.69) is 39.9 Å². The Kier molecular flexibility index (Phi) is 4.83. The smallest absolute Gasteiger partial charge is 0.0756 e. The molecule has 1 aliphatic heterocycles. The van der Waals surface area contributed by atoms with Crippen LogP contribution in [0.5, 0.6) is 0 Å². The van der Waals surface area contributed by atoms with Crippen LogP contribution in [0.15, 0.2) is 0 Å². The van der Waals surface area contributed by atoms with Crippen molar-refractivity contribution in [2.24, 2.45) is 11.8 Å². The fourth-order valence-electron chi connectivity index (χ4n) is 4.02. The lowest BCUT2D eigenvalue weighted by atomic mass is 9.78. The molecule has 1 aliphatic carbocycles. The molecule has 3 nitrogen and oxygen atoms in total. The van der Waals surface area contributed by atoms with E-state index in [0.717, 1.165) is 25.3 Å². The summed E-state index contributed by atoms with van der Waals surface area (Å²) >= 11 is 0. The Morgan fingerprint density at radius 3 is 2.30 bits per heavy atom. The van der Waals surface area contributed by atoms with Crippen LogP contribution >= 0.6 is 0 Å². The number of hydrogen-bond acceptors (Lipinski definition) is 3. The molecule has 1 N–H and O–H groups in total. The van der Waals surface area contributed by atoms with Gasteiger partial charge in [0.15, 0.2) is 0 Å². The van der Waals surface area contributed by atoms with Crippen LogP contribution in [0, 0.1) is 11.8 Å². The van der Waals surface area contributed by atoms with Crippen molar-refractivity contribution < 1.29 is 9.47 Å². The zero-order valence-corrected chi connectivity index (χ0v) is 14.2. The molecule has 3 atom stereocenters. The van der Waals surface area contributed by atoms with Gasteiger partial charge in [-0.05, 0) is 65.8 Å². The van der Waals surface area contributed by atoms with Gasteiger partial charge in [-0.25, -0.2) is 0 Å². The SMILES string of the molecule is CCCNC(C(OC)C1CC1)C1CC(C)(C)OC1(C)C. The molecule has 1 saturated carbocycles. The van der Waals surface area contributed by atoms with Gasteiger partial charge in [0.25, 0.3) is 0 Å². The van der Waals surface area contributed by atoms with Crippen LogP contribution in [0.25, 0.3) is 0 Å². The van der Waals surface area contributed by atoms with E-state index in [9.17, 15) is 0 Å². The van der Waals surface area contributed by atoms with Crippen LogP contribution in [-0.4, -0.2) is 37.0 Å². The molecular formula is C17H33NO2. The Morgan fingerprint density at radius 2 is 1.90 bits per heavy atom. The summed E-state index contributed by atoms with van der Waals surface area (Å²) in [6, 6.07) is 0.407. The molecule has 1 saturated heterocycles. The predicted octanol–water partition coefficient (Wildman–Crippen LogP) is 3.37. The Hall–Kier alpha value is -0.120. The van der Waals surface area contributed by atoms with Gasteiger partial charge in [-0.2, -0.15) is 0 Å². The van der Waals surface area contributed by atoms with Crippen molar-refractivity contribution >= 4 is 0 Å². The largest absolute Gasteiger partial charge is 0.380 e. The van der Waals surface area contributed by atoms with Crippen molar-refractivity contribution in [3.63, 3.8) is 0 Å². The van der Waals surface area contributed by atoms with Crippen molar-refractivity contribution in [1.82, 2.24) is 5.32 Å². The highest BCUT2D eigenvalue weighted by Crippen LogP contribution is 2.47. The molecular weight excluding hydrogens is 250 g/mol. The standard InChI is InChI=1S/C17H33NO2/c1-7-10-18-14(15(19-6)12-8-9-12)13-11-16(2,3)20-17(13,4)5/h12-15,18H,7-11H2,1-6H3. The zero-order valence-electron chi connectivity index (χ0n) is 14.2. The summed E-state index contributed by atoms with van der Waals surface area (Å²) < 4.78 is 12.2. The Bertz CT molecular complexity index is 323. The van der Waals surface area contributed by atoms with Gasteiger partial charge >= 0.3 is 0 Å². The molecule has 2 aliphatic rings. The summed E-state index contributed by atoms with van der Waals surface area (Å²) in [5, 5.41) is 3.77. The predicted molar refractivity (Wildman–Crippen MR) is 83.0 cm³/mol. The van der Waals surface area contributed by atoms with E-state index in [1.807, 2.05) is 7.11 Å². The minimum absolute atomic E-state index is 0.0256. The van der Waals surface area contributed by atoms with Gasteiger partial charge in [0.05, 0.1) is 17.3 Å². The zero-order chi connectivity index (χ0) is 15.0. The number of rotatable bonds is 7. The highest BCUT2D eigenvalue weighted by molar-refractivity contribution is 5.04. The van der Waals surface area contributed by atoms with Crippen molar-refractivity contribution in [2.75, 3.05) is 13.7 Å².